The molecule has 4 nitrogen and oxygen atoms in total. The normalized spacial score (nSPS) is 12.2. The molecule has 0 aliphatic heterocycles. The van der Waals surface area contributed by atoms with Crippen molar-refractivity contribution in [1.29, 1.82) is 0 Å². The first-order valence-electron chi connectivity index (χ1n) is 5.92. The van der Waals surface area contributed by atoms with E-state index in [4.69, 9.17) is 5.73 Å². The fourth-order valence-corrected chi connectivity index (χ4v) is 1.51. The highest BCUT2D eigenvalue weighted by molar-refractivity contribution is 5.79. The molecule has 18 heavy (non-hydrogen) atoms. The van der Waals surface area contributed by atoms with Crippen LogP contribution < -0.4 is 5.73 Å². The first-order chi connectivity index (χ1) is 8.47. The van der Waals surface area contributed by atoms with Crippen molar-refractivity contribution in [2.24, 2.45) is 5.10 Å². The Morgan fingerprint density at radius 1 is 1.22 bits per heavy atom. The van der Waals surface area contributed by atoms with Crippen molar-refractivity contribution in [2.75, 3.05) is 5.73 Å². The van der Waals surface area contributed by atoms with Crippen molar-refractivity contribution in [3.05, 3.63) is 47.7 Å². The molecule has 0 radical (unpaired) electrons. The second-order valence-electron chi connectivity index (χ2n) is 5.25. The molecular weight excluding hydrogens is 224 g/mol. The lowest BCUT2D eigenvalue weighted by molar-refractivity contribution is 0.552. The minimum atomic E-state index is -0.0262. The maximum Gasteiger partial charge on any atom is 0.147 e. The number of hydrogen-bond donors (Lipinski definition) is 1. The zero-order valence-electron chi connectivity index (χ0n) is 11.0. The summed E-state index contributed by atoms with van der Waals surface area (Å²) in [6, 6.07) is 11.7. The van der Waals surface area contributed by atoms with Gasteiger partial charge < -0.3 is 5.73 Å². The quantitative estimate of drug-likeness (QED) is 0.823. The largest absolute Gasteiger partial charge is 0.382 e. The molecule has 2 N–H and O–H groups in total. The summed E-state index contributed by atoms with van der Waals surface area (Å²) < 4.78 is 0. The van der Waals surface area contributed by atoms with Crippen LogP contribution in [0.15, 0.2) is 41.5 Å². The Bertz CT molecular complexity index is 547. The summed E-state index contributed by atoms with van der Waals surface area (Å²) in [4.78, 5) is 1.47. The molecule has 2 rings (SSSR count). The van der Waals surface area contributed by atoms with Crippen LogP contribution in [-0.4, -0.2) is 16.1 Å². The fourth-order valence-electron chi connectivity index (χ4n) is 1.51. The molecule has 1 heterocycles. The van der Waals surface area contributed by atoms with Crippen molar-refractivity contribution >= 4 is 12.0 Å². The van der Waals surface area contributed by atoms with Crippen LogP contribution in [0.5, 0.6) is 0 Å². The van der Waals surface area contributed by atoms with Gasteiger partial charge in [0, 0.05) is 11.5 Å². The Kier molecular flexibility index (Phi) is 3.19. The molecule has 0 atom stereocenters. The van der Waals surface area contributed by atoms with Crippen LogP contribution >= 0.6 is 0 Å². The van der Waals surface area contributed by atoms with Gasteiger partial charge in [-0.05, 0) is 5.56 Å². The van der Waals surface area contributed by atoms with E-state index in [0.29, 0.717) is 5.82 Å². The van der Waals surface area contributed by atoms with Crippen LogP contribution in [0.25, 0.3) is 0 Å². The zero-order valence-corrected chi connectivity index (χ0v) is 11.0. The summed E-state index contributed by atoms with van der Waals surface area (Å²) in [5.41, 5.74) is 7.82. The van der Waals surface area contributed by atoms with E-state index < -0.39 is 0 Å². The molecule has 0 saturated heterocycles. The monoisotopic (exact) mass is 242 g/mol. The Morgan fingerprint density at radius 2 is 1.89 bits per heavy atom. The Balaban J connectivity index is 2.25. The Hall–Kier alpha value is -2.10. The first kappa shape index (κ1) is 12.4. The smallest absolute Gasteiger partial charge is 0.147 e. The van der Waals surface area contributed by atoms with Gasteiger partial charge in [0.05, 0.1) is 11.9 Å². The second-order valence-corrected chi connectivity index (χ2v) is 5.25. The van der Waals surface area contributed by atoms with Crippen LogP contribution in [0.4, 0.5) is 5.82 Å². The van der Waals surface area contributed by atoms with Crippen LogP contribution in [0.3, 0.4) is 0 Å². The number of hydrogen-bond acceptors (Lipinski definition) is 3. The second kappa shape index (κ2) is 4.64. The SMILES string of the molecule is CC(C)(C)c1cc(N)n(/N=C/c2ccccc2)n1. The molecule has 4 heteroatoms. The van der Waals surface area contributed by atoms with Crippen LogP contribution in [0, 0.1) is 0 Å². The van der Waals surface area contributed by atoms with E-state index in [1.807, 2.05) is 36.4 Å². The van der Waals surface area contributed by atoms with Crippen molar-refractivity contribution < 1.29 is 0 Å². The number of rotatable bonds is 2. The molecule has 0 saturated carbocycles. The van der Waals surface area contributed by atoms with Gasteiger partial charge >= 0.3 is 0 Å². The minimum Gasteiger partial charge on any atom is -0.382 e. The molecule has 0 unspecified atom stereocenters. The molecular formula is C14H18N4. The van der Waals surface area contributed by atoms with Gasteiger partial charge in [-0.15, -0.1) is 4.79 Å². The lowest BCUT2D eigenvalue weighted by atomic mass is 9.92. The van der Waals surface area contributed by atoms with Gasteiger partial charge in [-0.25, -0.2) is 0 Å². The van der Waals surface area contributed by atoms with Gasteiger partial charge in [0.1, 0.15) is 5.82 Å². The van der Waals surface area contributed by atoms with E-state index in [0.717, 1.165) is 11.3 Å². The minimum absolute atomic E-state index is 0.0262. The van der Waals surface area contributed by atoms with E-state index >= 15 is 0 Å². The lowest BCUT2D eigenvalue weighted by Crippen LogP contribution is -2.12. The van der Waals surface area contributed by atoms with Gasteiger partial charge in [-0.2, -0.15) is 10.2 Å². The molecule has 0 amide bonds. The highest BCUT2D eigenvalue weighted by Gasteiger charge is 2.18. The molecule has 1 aromatic heterocycles. The molecule has 1 aromatic carbocycles. The number of aromatic nitrogens is 2. The van der Waals surface area contributed by atoms with Crippen LogP contribution in [0.1, 0.15) is 32.0 Å². The van der Waals surface area contributed by atoms with E-state index in [2.05, 4.69) is 31.0 Å². The van der Waals surface area contributed by atoms with Gasteiger partial charge in [-0.3, -0.25) is 0 Å². The van der Waals surface area contributed by atoms with Crippen molar-refractivity contribution in [3.8, 4) is 0 Å². The standard InChI is InChI=1S/C14H18N4/c1-14(2,3)12-9-13(15)18(17-12)16-10-11-7-5-4-6-8-11/h4-10H,15H2,1-3H3/b16-10+. The van der Waals surface area contributed by atoms with Gasteiger partial charge in [-0.1, -0.05) is 51.1 Å². The van der Waals surface area contributed by atoms with Gasteiger partial charge in [0.25, 0.3) is 0 Å². The lowest BCUT2D eigenvalue weighted by Gasteiger charge is -2.13. The summed E-state index contributed by atoms with van der Waals surface area (Å²) in [7, 11) is 0. The van der Waals surface area contributed by atoms with Gasteiger partial charge in [0.15, 0.2) is 0 Å². The number of nitrogen functional groups attached to an aromatic ring is 1. The first-order valence-corrected chi connectivity index (χ1v) is 5.92. The van der Waals surface area contributed by atoms with E-state index in [1.54, 1.807) is 6.21 Å². The van der Waals surface area contributed by atoms with E-state index in [-0.39, 0.29) is 5.41 Å². The van der Waals surface area contributed by atoms with Crippen LogP contribution in [-0.2, 0) is 5.41 Å². The predicted octanol–water partition coefficient (Wildman–Crippen LogP) is 2.65. The number of benzene rings is 1. The van der Waals surface area contributed by atoms with E-state index in [1.165, 1.54) is 4.79 Å². The fraction of sp³-hybridized carbons (Fsp3) is 0.286. The highest BCUT2D eigenvalue weighted by Crippen LogP contribution is 2.22. The molecule has 0 fully saturated rings. The summed E-state index contributed by atoms with van der Waals surface area (Å²) in [5.74, 6) is 0.548. The van der Waals surface area contributed by atoms with Crippen molar-refractivity contribution in [1.82, 2.24) is 9.89 Å². The zero-order chi connectivity index (χ0) is 13.2. The molecule has 0 aliphatic rings. The number of anilines is 1. The predicted molar refractivity (Wildman–Crippen MR) is 74.8 cm³/mol. The maximum atomic E-state index is 5.89. The third-order valence-electron chi connectivity index (χ3n) is 2.60. The van der Waals surface area contributed by atoms with Gasteiger partial charge in [0.2, 0.25) is 0 Å². The van der Waals surface area contributed by atoms with Crippen molar-refractivity contribution in [2.45, 2.75) is 26.2 Å². The van der Waals surface area contributed by atoms with Crippen molar-refractivity contribution in [3.63, 3.8) is 0 Å². The van der Waals surface area contributed by atoms with Crippen LogP contribution in [0.2, 0.25) is 0 Å². The average molecular weight is 242 g/mol. The van der Waals surface area contributed by atoms with E-state index in [9.17, 15) is 0 Å². The summed E-state index contributed by atoms with van der Waals surface area (Å²) >= 11 is 0. The summed E-state index contributed by atoms with van der Waals surface area (Å²) in [5, 5.41) is 8.66. The third kappa shape index (κ3) is 2.77. The Morgan fingerprint density at radius 3 is 2.44 bits per heavy atom. The summed E-state index contributed by atoms with van der Waals surface area (Å²) in [6.45, 7) is 6.29. The number of nitrogens with two attached hydrogens (primary N) is 1. The topological polar surface area (TPSA) is 56.2 Å². The maximum absolute atomic E-state index is 5.89. The molecule has 94 valence electrons. The highest BCUT2D eigenvalue weighted by atomic mass is 15.5. The molecule has 2 aromatic rings. The average Bonchev–Trinajstić information content (AvgIpc) is 2.69. The molecule has 0 bridgehead atoms. The Labute approximate surface area is 107 Å². The summed E-state index contributed by atoms with van der Waals surface area (Å²) in [6.07, 6.45) is 1.75. The third-order valence-corrected chi connectivity index (χ3v) is 2.60. The molecule has 0 aliphatic carbocycles. The number of nitrogens with zero attached hydrogens (tertiary/aromatic N) is 3. The molecule has 0 spiro atoms.